The Balaban J connectivity index is 1.68. The fourth-order valence-electron chi connectivity index (χ4n) is 3.52. The van der Waals surface area contributed by atoms with Gasteiger partial charge < -0.3 is 9.64 Å². The van der Waals surface area contributed by atoms with Crippen LogP contribution in [0.1, 0.15) is 24.2 Å². The molecule has 2 aromatic carbocycles. The second kappa shape index (κ2) is 7.48. The van der Waals surface area contributed by atoms with Crippen molar-refractivity contribution < 1.29 is 13.2 Å². The predicted octanol–water partition coefficient (Wildman–Crippen LogP) is 3.17. The Morgan fingerprint density at radius 2 is 1.93 bits per heavy atom. The average molecular weight is 398 g/mol. The van der Waals surface area contributed by atoms with E-state index in [0.717, 1.165) is 28.7 Å². The Hall–Kier alpha value is -2.51. The summed E-state index contributed by atoms with van der Waals surface area (Å²) in [4.78, 5) is 11.2. The molecule has 1 aromatic heterocycles. The highest BCUT2D eigenvalue weighted by Crippen LogP contribution is 2.30. The number of hydrogen-bond acceptors (Lipinski definition) is 6. The zero-order valence-electron chi connectivity index (χ0n) is 16.0. The van der Waals surface area contributed by atoms with E-state index < -0.39 is 9.84 Å². The Labute approximate surface area is 165 Å². The molecular formula is C21H23N3O3S. The zero-order valence-corrected chi connectivity index (χ0v) is 16.8. The summed E-state index contributed by atoms with van der Waals surface area (Å²) in [5, 5.41) is 0.743. The standard InChI is InChI=1S/C21H23N3O3S/c1-3-15-4-6-16(7-5-15)20-13-24(10-11-27-20)21-18-12-17(28(2,25)26)8-9-19(18)22-14-23-21/h4-9,12,14,20H,3,10-11,13H2,1-2H3. The molecule has 0 saturated carbocycles. The molecule has 3 aromatic rings. The first-order valence-electron chi connectivity index (χ1n) is 9.36. The molecule has 1 atom stereocenters. The van der Waals surface area contributed by atoms with Crippen molar-refractivity contribution in [1.29, 1.82) is 0 Å². The van der Waals surface area contributed by atoms with Crippen molar-refractivity contribution in [3.05, 3.63) is 59.9 Å². The SMILES string of the molecule is CCc1ccc(C2CN(c3ncnc4ccc(S(C)(=O)=O)cc34)CCO2)cc1. The number of hydrogen-bond donors (Lipinski definition) is 0. The van der Waals surface area contributed by atoms with Gasteiger partial charge in [0.15, 0.2) is 9.84 Å². The summed E-state index contributed by atoms with van der Waals surface area (Å²) in [5.41, 5.74) is 3.16. The molecule has 1 fully saturated rings. The molecule has 0 N–H and O–H groups in total. The van der Waals surface area contributed by atoms with Gasteiger partial charge in [0.25, 0.3) is 0 Å². The monoisotopic (exact) mass is 397 g/mol. The van der Waals surface area contributed by atoms with Gasteiger partial charge in [-0.25, -0.2) is 18.4 Å². The molecule has 7 heteroatoms. The molecule has 28 heavy (non-hydrogen) atoms. The number of rotatable bonds is 4. The second-order valence-electron chi connectivity index (χ2n) is 7.05. The van der Waals surface area contributed by atoms with Crippen LogP contribution in [-0.4, -0.2) is 44.3 Å². The van der Waals surface area contributed by atoms with Crippen LogP contribution < -0.4 is 4.90 Å². The number of sulfone groups is 1. The van der Waals surface area contributed by atoms with E-state index >= 15 is 0 Å². The van der Waals surface area contributed by atoms with Gasteiger partial charge >= 0.3 is 0 Å². The minimum absolute atomic E-state index is 0.0530. The lowest BCUT2D eigenvalue weighted by Gasteiger charge is -2.34. The molecule has 2 heterocycles. The van der Waals surface area contributed by atoms with Crippen molar-refractivity contribution in [3.8, 4) is 0 Å². The van der Waals surface area contributed by atoms with Gasteiger partial charge in [-0.3, -0.25) is 0 Å². The Bertz CT molecular complexity index is 1100. The number of aromatic nitrogens is 2. The summed E-state index contributed by atoms with van der Waals surface area (Å²) < 4.78 is 30.0. The summed E-state index contributed by atoms with van der Waals surface area (Å²) >= 11 is 0. The summed E-state index contributed by atoms with van der Waals surface area (Å²) in [5.74, 6) is 0.744. The molecular weight excluding hydrogens is 374 g/mol. The van der Waals surface area contributed by atoms with Crippen LogP contribution in [0.25, 0.3) is 10.9 Å². The van der Waals surface area contributed by atoms with Crippen molar-refractivity contribution in [1.82, 2.24) is 9.97 Å². The van der Waals surface area contributed by atoms with Gasteiger partial charge in [-0.15, -0.1) is 0 Å². The van der Waals surface area contributed by atoms with Crippen molar-refractivity contribution in [3.63, 3.8) is 0 Å². The molecule has 1 saturated heterocycles. The average Bonchev–Trinajstić information content (AvgIpc) is 2.72. The highest BCUT2D eigenvalue weighted by atomic mass is 32.2. The van der Waals surface area contributed by atoms with Gasteiger partial charge in [0, 0.05) is 24.7 Å². The van der Waals surface area contributed by atoms with Crippen LogP contribution in [0.2, 0.25) is 0 Å². The van der Waals surface area contributed by atoms with Crippen LogP contribution in [0.5, 0.6) is 0 Å². The molecule has 1 aliphatic heterocycles. The first-order valence-corrected chi connectivity index (χ1v) is 11.2. The lowest BCUT2D eigenvalue weighted by atomic mass is 10.0. The largest absolute Gasteiger partial charge is 0.370 e. The molecule has 4 rings (SSSR count). The fraction of sp³-hybridized carbons (Fsp3) is 0.333. The minimum Gasteiger partial charge on any atom is -0.370 e. The Morgan fingerprint density at radius 1 is 1.14 bits per heavy atom. The molecule has 146 valence electrons. The van der Waals surface area contributed by atoms with E-state index in [1.807, 2.05) is 0 Å². The van der Waals surface area contributed by atoms with Gasteiger partial charge in [-0.05, 0) is 35.7 Å². The fourth-order valence-corrected chi connectivity index (χ4v) is 4.16. The highest BCUT2D eigenvalue weighted by Gasteiger charge is 2.24. The van der Waals surface area contributed by atoms with Gasteiger partial charge in [0.1, 0.15) is 18.2 Å². The molecule has 0 amide bonds. The zero-order chi connectivity index (χ0) is 19.7. The van der Waals surface area contributed by atoms with Crippen LogP contribution in [0.15, 0.2) is 53.7 Å². The number of aryl methyl sites for hydroxylation is 1. The number of nitrogens with zero attached hydrogens (tertiary/aromatic N) is 3. The highest BCUT2D eigenvalue weighted by molar-refractivity contribution is 7.90. The molecule has 0 spiro atoms. The van der Waals surface area contributed by atoms with Crippen molar-refractivity contribution in [2.45, 2.75) is 24.3 Å². The number of fused-ring (bicyclic) bond motifs is 1. The van der Waals surface area contributed by atoms with Crippen molar-refractivity contribution in [2.75, 3.05) is 30.9 Å². The van der Waals surface area contributed by atoms with E-state index in [1.54, 1.807) is 18.2 Å². The Morgan fingerprint density at radius 3 is 2.64 bits per heavy atom. The topological polar surface area (TPSA) is 72.4 Å². The predicted molar refractivity (Wildman–Crippen MR) is 109 cm³/mol. The van der Waals surface area contributed by atoms with Crippen LogP contribution in [0.4, 0.5) is 5.82 Å². The van der Waals surface area contributed by atoms with Gasteiger partial charge in [-0.1, -0.05) is 31.2 Å². The summed E-state index contributed by atoms with van der Waals surface area (Å²) in [6.45, 7) is 4.07. The Kier molecular flexibility index (Phi) is 5.03. The molecule has 0 aliphatic carbocycles. The minimum atomic E-state index is -3.30. The molecule has 1 unspecified atom stereocenters. The molecule has 1 aliphatic rings. The van der Waals surface area contributed by atoms with Crippen LogP contribution in [-0.2, 0) is 21.0 Å². The third kappa shape index (κ3) is 3.72. The molecule has 0 radical (unpaired) electrons. The number of benzene rings is 2. The van der Waals surface area contributed by atoms with Gasteiger partial charge in [0.05, 0.1) is 17.0 Å². The maximum Gasteiger partial charge on any atom is 0.175 e. The third-order valence-corrected chi connectivity index (χ3v) is 6.25. The van der Waals surface area contributed by atoms with E-state index in [1.165, 1.54) is 18.1 Å². The molecule has 0 bridgehead atoms. The van der Waals surface area contributed by atoms with E-state index in [0.29, 0.717) is 19.7 Å². The number of morpholine rings is 1. The smallest absolute Gasteiger partial charge is 0.175 e. The third-order valence-electron chi connectivity index (χ3n) is 5.14. The maximum atomic E-state index is 12.0. The van der Waals surface area contributed by atoms with Crippen LogP contribution >= 0.6 is 0 Å². The van der Waals surface area contributed by atoms with E-state index in [2.05, 4.69) is 46.1 Å². The summed E-state index contributed by atoms with van der Waals surface area (Å²) in [6, 6.07) is 13.5. The maximum absolute atomic E-state index is 12.0. The van der Waals surface area contributed by atoms with E-state index in [9.17, 15) is 8.42 Å². The summed E-state index contributed by atoms with van der Waals surface area (Å²) in [7, 11) is -3.30. The van der Waals surface area contributed by atoms with Crippen molar-refractivity contribution in [2.24, 2.45) is 0 Å². The quantitative estimate of drug-likeness (QED) is 0.673. The number of ether oxygens (including phenoxy) is 1. The van der Waals surface area contributed by atoms with E-state index in [4.69, 9.17) is 4.74 Å². The molecule has 6 nitrogen and oxygen atoms in total. The van der Waals surface area contributed by atoms with E-state index in [-0.39, 0.29) is 11.0 Å². The van der Waals surface area contributed by atoms with Crippen LogP contribution in [0.3, 0.4) is 0 Å². The van der Waals surface area contributed by atoms with Crippen LogP contribution in [0, 0.1) is 0 Å². The van der Waals surface area contributed by atoms with Crippen molar-refractivity contribution >= 4 is 26.6 Å². The summed E-state index contributed by atoms with van der Waals surface area (Å²) in [6.07, 6.45) is 3.69. The van der Waals surface area contributed by atoms with Gasteiger partial charge in [-0.2, -0.15) is 0 Å². The number of anilines is 1. The van der Waals surface area contributed by atoms with Gasteiger partial charge in [0.2, 0.25) is 0 Å². The lowest BCUT2D eigenvalue weighted by molar-refractivity contribution is 0.0396. The first kappa shape index (κ1) is 18.8. The first-order chi connectivity index (χ1) is 13.5. The second-order valence-corrected chi connectivity index (χ2v) is 9.06. The lowest BCUT2D eigenvalue weighted by Crippen LogP contribution is -2.39. The normalized spacial score (nSPS) is 17.8.